The predicted molar refractivity (Wildman–Crippen MR) is 109 cm³/mol. The number of amides is 1. The molecule has 3 rings (SSSR count). The van der Waals surface area contributed by atoms with Crippen LogP contribution in [0.4, 0.5) is 11.4 Å². The Labute approximate surface area is 167 Å². The fraction of sp³-hybridized carbons (Fsp3) is 0.0952. The lowest BCUT2D eigenvalue weighted by atomic mass is 9.99. The number of nitrogens with one attached hydrogen (secondary N) is 2. The summed E-state index contributed by atoms with van der Waals surface area (Å²) in [4.78, 5) is 22.8. The summed E-state index contributed by atoms with van der Waals surface area (Å²) < 4.78 is 0. The molecular weight excluding hydrogens is 378 g/mol. The molecule has 28 heavy (non-hydrogen) atoms. The topological polar surface area (TPSA) is 84.3 Å². The van der Waals surface area contributed by atoms with Crippen LogP contribution in [0.2, 0.25) is 5.02 Å². The molecule has 6 nitrogen and oxygen atoms in total. The van der Waals surface area contributed by atoms with Crippen LogP contribution in [-0.2, 0) is 4.79 Å². The maximum absolute atomic E-state index is 12.4. The van der Waals surface area contributed by atoms with E-state index in [4.69, 9.17) is 11.6 Å². The standard InChI is InChI=1S/C21H18ClN3O3/c22-18-12-11-17(13-19(18)25(27)28)24-20(26)14-23-21(15-7-3-1-4-8-15)16-9-5-2-6-10-16/h1-13,21,23H,14H2,(H,24,26). The summed E-state index contributed by atoms with van der Waals surface area (Å²) in [6, 6.07) is 23.6. The molecule has 0 aliphatic carbocycles. The summed E-state index contributed by atoms with van der Waals surface area (Å²) in [5, 5.41) is 16.9. The van der Waals surface area contributed by atoms with E-state index in [0.29, 0.717) is 5.69 Å². The Bertz CT molecular complexity index is 926. The van der Waals surface area contributed by atoms with E-state index >= 15 is 0 Å². The fourth-order valence-electron chi connectivity index (χ4n) is 2.85. The van der Waals surface area contributed by atoms with Gasteiger partial charge in [-0.15, -0.1) is 0 Å². The van der Waals surface area contributed by atoms with Crippen molar-refractivity contribution in [1.82, 2.24) is 5.32 Å². The molecule has 0 aliphatic rings. The van der Waals surface area contributed by atoms with E-state index in [1.165, 1.54) is 18.2 Å². The molecule has 3 aromatic carbocycles. The molecule has 7 heteroatoms. The van der Waals surface area contributed by atoms with E-state index in [2.05, 4.69) is 10.6 Å². The quantitative estimate of drug-likeness (QED) is 0.453. The number of nitrogens with zero attached hydrogens (tertiary/aromatic N) is 1. The highest BCUT2D eigenvalue weighted by molar-refractivity contribution is 6.32. The molecule has 2 N–H and O–H groups in total. The van der Waals surface area contributed by atoms with Crippen molar-refractivity contribution in [1.29, 1.82) is 0 Å². The van der Waals surface area contributed by atoms with Crippen LogP contribution in [0.5, 0.6) is 0 Å². The van der Waals surface area contributed by atoms with Crippen molar-refractivity contribution in [3.05, 3.63) is 105 Å². The van der Waals surface area contributed by atoms with Crippen LogP contribution >= 0.6 is 11.6 Å². The highest BCUT2D eigenvalue weighted by Gasteiger charge is 2.16. The summed E-state index contributed by atoms with van der Waals surface area (Å²) in [7, 11) is 0. The molecule has 0 aromatic heterocycles. The molecule has 0 bridgehead atoms. The number of anilines is 1. The number of rotatable bonds is 7. The Kier molecular flexibility index (Phi) is 6.37. The van der Waals surface area contributed by atoms with Crippen LogP contribution in [0.15, 0.2) is 78.9 Å². The molecule has 0 heterocycles. The second kappa shape index (κ2) is 9.12. The second-order valence-electron chi connectivity index (χ2n) is 6.11. The predicted octanol–water partition coefficient (Wildman–Crippen LogP) is 4.57. The number of halogens is 1. The molecule has 142 valence electrons. The summed E-state index contributed by atoms with van der Waals surface area (Å²) in [5.41, 5.74) is 2.13. The van der Waals surface area contributed by atoms with Gasteiger partial charge in [-0.1, -0.05) is 72.3 Å². The maximum atomic E-state index is 12.4. The number of carbonyl (C=O) groups excluding carboxylic acids is 1. The third-order valence-corrected chi connectivity index (χ3v) is 4.48. The molecule has 0 unspecified atom stereocenters. The van der Waals surface area contributed by atoms with Gasteiger partial charge in [-0.2, -0.15) is 0 Å². The number of hydrogen-bond acceptors (Lipinski definition) is 4. The largest absolute Gasteiger partial charge is 0.325 e. The first-order valence-electron chi connectivity index (χ1n) is 8.61. The molecule has 0 atom stereocenters. The Hall–Kier alpha value is -3.22. The Morgan fingerprint density at radius 2 is 1.54 bits per heavy atom. The van der Waals surface area contributed by atoms with Crippen LogP contribution in [0.25, 0.3) is 0 Å². The minimum absolute atomic E-state index is 0.0225. The molecular formula is C21H18ClN3O3. The fourth-order valence-corrected chi connectivity index (χ4v) is 3.04. The Morgan fingerprint density at radius 1 is 0.964 bits per heavy atom. The molecule has 0 saturated heterocycles. The van der Waals surface area contributed by atoms with Crippen molar-refractivity contribution >= 4 is 28.9 Å². The van der Waals surface area contributed by atoms with Crippen LogP contribution in [0.1, 0.15) is 17.2 Å². The normalized spacial score (nSPS) is 10.6. The van der Waals surface area contributed by atoms with E-state index in [-0.39, 0.29) is 29.2 Å². The molecule has 0 aliphatic heterocycles. The molecule has 1 amide bonds. The van der Waals surface area contributed by atoms with Gasteiger partial charge in [0.05, 0.1) is 17.5 Å². The zero-order chi connectivity index (χ0) is 19.9. The van der Waals surface area contributed by atoms with Gasteiger partial charge in [-0.25, -0.2) is 0 Å². The zero-order valence-corrected chi connectivity index (χ0v) is 15.6. The van der Waals surface area contributed by atoms with Crippen LogP contribution in [0, 0.1) is 10.1 Å². The van der Waals surface area contributed by atoms with E-state index in [9.17, 15) is 14.9 Å². The Morgan fingerprint density at radius 3 is 2.07 bits per heavy atom. The first-order chi connectivity index (χ1) is 13.5. The monoisotopic (exact) mass is 395 g/mol. The average Bonchev–Trinajstić information content (AvgIpc) is 2.71. The van der Waals surface area contributed by atoms with E-state index < -0.39 is 4.92 Å². The lowest BCUT2D eigenvalue weighted by Crippen LogP contribution is -2.31. The highest BCUT2D eigenvalue weighted by atomic mass is 35.5. The van der Waals surface area contributed by atoms with Gasteiger partial charge in [0.25, 0.3) is 5.69 Å². The summed E-state index contributed by atoms with van der Waals surface area (Å²) >= 11 is 5.80. The smallest absolute Gasteiger partial charge is 0.289 e. The summed E-state index contributed by atoms with van der Waals surface area (Å²) in [5.74, 6) is -0.312. The van der Waals surface area contributed by atoms with Crippen molar-refractivity contribution in [2.75, 3.05) is 11.9 Å². The van der Waals surface area contributed by atoms with Gasteiger partial charge in [0.15, 0.2) is 0 Å². The van der Waals surface area contributed by atoms with Gasteiger partial charge >= 0.3 is 0 Å². The third-order valence-electron chi connectivity index (χ3n) is 4.16. The Balaban J connectivity index is 1.71. The van der Waals surface area contributed by atoms with Crippen molar-refractivity contribution in [2.24, 2.45) is 0 Å². The lowest BCUT2D eigenvalue weighted by Gasteiger charge is -2.19. The molecule has 3 aromatic rings. The first kappa shape index (κ1) is 19.5. The first-order valence-corrected chi connectivity index (χ1v) is 8.99. The second-order valence-corrected chi connectivity index (χ2v) is 6.51. The van der Waals surface area contributed by atoms with Crippen LogP contribution < -0.4 is 10.6 Å². The zero-order valence-electron chi connectivity index (χ0n) is 14.8. The summed E-state index contributed by atoms with van der Waals surface area (Å²) in [6.45, 7) is 0.0326. The van der Waals surface area contributed by atoms with Crippen LogP contribution in [-0.4, -0.2) is 17.4 Å². The number of carbonyl (C=O) groups is 1. The van der Waals surface area contributed by atoms with Gasteiger partial charge in [0.1, 0.15) is 5.02 Å². The molecule has 0 radical (unpaired) electrons. The van der Waals surface area contributed by atoms with Gasteiger partial charge in [0.2, 0.25) is 5.91 Å². The van der Waals surface area contributed by atoms with Crippen molar-refractivity contribution < 1.29 is 9.72 Å². The highest BCUT2D eigenvalue weighted by Crippen LogP contribution is 2.27. The minimum Gasteiger partial charge on any atom is -0.325 e. The van der Waals surface area contributed by atoms with E-state index in [1.54, 1.807) is 0 Å². The molecule has 0 fully saturated rings. The van der Waals surface area contributed by atoms with Gasteiger partial charge in [-0.05, 0) is 23.3 Å². The van der Waals surface area contributed by atoms with E-state index in [0.717, 1.165) is 11.1 Å². The molecule has 0 spiro atoms. The van der Waals surface area contributed by atoms with Crippen molar-refractivity contribution in [3.8, 4) is 0 Å². The van der Waals surface area contributed by atoms with Gasteiger partial charge in [0, 0.05) is 11.8 Å². The van der Waals surface area contributed by atoms with Crippen molar-refractivity contribution in [2.45, 2.75) is 6.04 Å². The minimum atomic E-state index is -0.586. The number of nitro benzene ring substituents is 1. The van der Waals surface area contributed by atoms with Gasteiger partial charge < -0.3 is 5.32 Å². The number of benzene rings is 3. The third kappa shape index (κ3) is 4.94. The average molecular weight is 396 g/mol. The van der Waals surface area contributed by atoms with Gasteiger partial charge in [-0.3, -0.25) is 20.2 Å². The summed E-state index contributed by atoms with van der Waals surface area (Å²) in [6.07, 6.45) is 0. The molecule has 0 saturated carbocycles. The number of hydrogen-bond donors (Lipinski definition) is 2. The van der Waals surface area contributed by atoms with E-state index in [1.807, 2.05) is 60.7 Å². The van der Waals surface area contributed by atoms with Crippen molar-refractivity contribution in [3.63, 3.8) is 0 Å². The SMILES string of the molecule is O=C(CNC(c1ccccc1)c1ccccc1)Nc1ccc(Cl)c([N+](=O)[O-])c1. The maximum Gasteiger partial charge on any atom is 0.289 e. The number of nitro groups is 1. The van der Waals surface area contributed by atoms with Crippen LogP contribution in [0.3, 0.4) is 0 Å². The lowest BCUT2D eigenvalue weighted by molar-refractivity contribution is -0.384.